The summed E-state index contributed by atoms with van der Waals surface area (Å²) in [6.07, 6.45) is 0.125. The minimum atomic E-state index is -0.324. The first-order valence-corrected chi connectivity index (χ1v) is 9.36. The summed E-state index contributed by atoms with van der Waals surface area (Å²) in [5.74, 6) is 0.236. The second kappa shape index (κ2) is 9.00. The fourth-order valence-corrected chi connectivity index (χ4v) is 2.87. The Morgan fingerprint density at radius 1 is 1.19 bits per heavy atom. The second-order valence-corrected chi connectivity index (χ2v) is 8.11. The maximum atomic E-state index is 11.9. The molecule has 0 aliphatic carbocycles. The smallest absolute Gasteiger partial charge is 0.239 e. The van der Waals surface area contributed by atoms with Crippen LogP contribution >= 0.6 is 22.9 Å². The molecule has 0 saturated heterocycles. The van der Waals surface area contributed by atoms with E-state index in [1.54, 1.807) is 24.3 Å². The van der Waals surface area contributed by atoms with E-state index in [1.807, 2.05) is 26.2 Å². The molecular formula is C18H22ClN3O3S. The fraction of sp³-hybridized carbons (Fsp3) is 0.389. The molecule has 140 valence electrons. The van der Waals surface area contributed by atoms with E-state index in [4.69, 9.17) is 16.3 Å². The minimum Gasteiger partial charge on any atom is -0.486 e. The largest absolute Gasteiger partial charge is 0.486 e. The van der Waals surface area contributed by atoms with Gasteiger partial charge < -0.3 is 15.4 Å². The van der Waals surface area contributed by atoms with Gasteiger partial charge in [0.05, 0.1) is 18.7 Å². The molecular weight excluding hydrogens is 374 g/mol. The molecule has 0 saturated carbocycles. The lowest BCUT2D eigenvalue weighted by Crippen LogP contribution is -2.46. The summed E-state index contributed by atoms with van der Waals surface area (Å²) in [5, 5.41) is 8.62. The Hall–Kier alpha value is -2.12. The van der Waals surface area contributed by atoms with Crippen molar-refractivity contribution >= 4 is 34.8 Å². The number of thiazole rings is 1. The Kier molecular flexibility index (Phi) is 6.99. The van der Waals surface area contributed by atoms with Crippen LogP contribution in [0, 0.1) is 0 Å². The normalized spacial score (nSPS) is 11.1. The van der Waals surface area contributed by atoms with Crippen LogP contribution in [0.4, 0.5) is 0 Å². The lowest BCUT2D eigenvalue weighted by Gasteiger charge is -2.20. The van der Waals surface area contributed by atoms with E-state index in [0.29, 0.717) is 23.1 Å². The summed E-state index contributed by atoms with van der Waals surface area (Å²) < 4.78 is 5.63. The Morgan fingerprint density at radius 2 is 1.88 bits per heavy atom. The molecule has 0 bridgehead atoms. The first-order valence-electron chi connectivity index (χ1n) is 8.10. The lowest BCUT2D eigenvalue weighted by molar-refractivity contribution is -0.126. The number of carbonyl (C=O) groups is 2. The lowest BCUT2D eigenvalue weighted by atomic mass is 10.1. The van der Waals surface area contributed by atoms with Crippen molar-refractivity contribution in [1.29, 1.82) is 0 Å². The number of nitrogens with zero attached hydrogens (tertiary/aromatic N) is 1. The molecule has 1 aromatic carbocycles. The first kappa shape index (κ1) is 20.2. The third-order valence-electron chi connectivity index (χ3n) is 3.08. The summed E-state index contributed by atoms with van der Waals surface area (Å²) in [6.45, 7) is 5.93. The number of aromatic nitrogens is 1. The molecule has 2 amide bonds. The molecule has 0 spiro atoms. The van der Waals surface area contributed by atoms with Gasteiger partial charge in [-0.25, -0.2) is 4.98 Å². The molecule has 8 heteroatoms. The van der Waals surface area contributed by atoms with Gasteiger partial charge in [-0.05, 0) is 45.0 Å². The number of amides is 2. The van der Waals surface area contributed by atoms with Crippen LogP contribution in [-0.4, -0.2) is 28.9 Å². The van der Waals surface area contributed by atoms with Gasteiger partial charge in [0.2, 0.25) is 11.8 Å². The van der Waals surface area contributed by atoms with Crippen LogP contribution in [0.25, 0.3) is 0 Å². The molecule has 26 heavy (non-hydrogen) atoms. The van der Waals surface area contributed by atoms with Gasteiger partial charge in [-0.1, -0.05) is 11.6 Å². The third-order valence-corrected chi connectivity index (χ3v) is 4.20. The van der Waals surface area contributed by atoms with Crippen molar-refractivity contribution < 1.29 is 14.3 Å². The number of carbonyl (C=O) groups excluding carboxylic acids is 2. The van der Waals surface area contributed by atoms with Crippen molar-refractivity contribution in [2.75, 3.05) is 6.54 Å². The SMILES string of the molecule is CC(C)(C)NC(=O)CNC(=O)Cc1csc(COc2ccc(Cl)cc2)n1. The van der Waals surface area contributed by atoms with E-state index < -0.39 is 0 Å². The molecule has 1 aromatic heterocycles. The van der Waals surface area contributed by atoms with Gasteiger partial charge in [0, 0.05) is 15.9 Å². The van der Waals surface area contributed by atoms with Gasteiger partial charge in [0.15, 0.2) is 0 Å². The van der Waals surface area contributed by atoms with Crippen molar-refractivity contribution in [1.82, 2.24) is 15.6 Å². The molecule has 1 heterocycles. The van der Waals surface area contributed by atoms with Crippen molar-refractivity contribution in [3.8, 4) is 5.75 Å². The molecule has 0 unspecified atom stereocenters. The number of benzene rings is 1. The van der Waals surface area contributed by atoms with Crippen molar-refractivity contribution in [3.63, 3.8) is 0 Å². The highest BCUT2D eigenvalue weighted by atomic mass is 35.5. The molecule has 0 fully saturated rings. The molecule has 0 atom stereocenters. The van der Waals surface area contributed by atoms with Gasteiger partial charge in [-0.2, -0.15) is 0 Å². The summed E-state index contributed by atoms with van der Waals surface area (Å²) in [7, 11) is 0. The zero-order chi connectivity index (χ0) is 19.2. The van der Waals surface area contributed by atoms with Crippen LogP contribution in [0.1, 0.15) is 31.5 Å². The van der Waals surface area contributed by atoms with E-state index in [1.165, 1.54) is 11.3 Å². The Morgan fingerprint density at radius 3 is 2.54 bits per heavy atom. The van der Waals surface area contributed by atoms with E-state index in [0.717, 1.165) is 5.01 Å². The highest BCUT2D eigenvalue weighted by Crippen LogP contribution is 2.18. The number of rotatable bonds is 7. The predicted molar refractivity (Wildman–Crippen MR) is 103 cm³/mol. The Balaban J connectivity index is 1.75. The van der Waals surface area contributed by atoms with E-state index in [9.17, 15) is 9.59 Å². The average molecular weight is 396 g/mol. The minimum absolute atomic E-state index is 0.0488. The molecule has 2 aromatic rings. The van der Waals surface area contributed by atoms with Crippen molar-refractivity contribution in [2.45, 2.75) is 39.3 Å². The molecule has 0 aliphatic heterocycles. The maximum absolute atomic E-state index is 11.9. The summed E-state index contributed by atoms with van der Waals surface area (Å²) in [6, 6.07) is 7.08. The molecule has 0 aliphatic rings. The zero-order valence-electron chi connectivity index (χ0n) is 15.0. The zero-order valence-corrected chi connectivity index (χ0v) is 16.5. The van der Waals surface area contributed by atoms with Crippen LogP contribution in [-0.2, 0) is 22.6 Å². The fourth-order valence-electron chi connectivity index (χ4n) is 2.04. The number of ether oxygens (including phenoxy) is 1. The van der Waals surface area contributed by atoms with Crippen LogP contribution in [0.3, 0.4) is 0 Å². The van der Waals surface area contributed by atoms with Gasteiger partial charge in [-0.15, -0.1) is 11.3 Å². The summed E-state index contributed by atoms with van der Waals surface area (Å²) >= 11 is 7.25. The van der Waals surface area contributed by atoms with E-state index in [-0.39, 0.29) is 30.3 Å². The highest BCUT2D eigenvalue weighted by Gasteiger charge is 2.15. The van der Waals surface area contributed by atoms with Gasteiger partial charge >= 0.3 is 0 Å². The standard InChI is InChI=1S/C18H22ClN3O3S/c1-18(2,3)22-16(24)9-20-15(23)8-13-11-26-17(21-13)10-25-14-6-4-12(19)5-7-14/h4-7,11H,8-10H2,1-3H3,(H,20,23)(H,22,24). The summed E-state index contributed by atoms with van der Waals surface area (Å²) in [5.41, 5.74) is 0.328. The highest BCUT2D eigenvalue weighted by molar-refractivity contribution is 7.09. The quantitative estimate of drug-likeness (QED) is 0.755. The second-order valence-electron chi connectivity index (χ2n) is 6.73. The van der Waals surface area contributed by atoms with Crippen LogP contribution in [0.5, 0.6) is 5.75 Å². The monoisotopic (exact) mass is 395 g/mol. The number of halogens is 1. The molecule has 6 nitrogen and oxygen atoms in total. The number of hydrogen-bond donors (Lipinski definition) is 2. The Labute approximate surface area is 161 Å². The van der Waals surface area contributed by atoms with Crippen LogP contribution in [0.2, 0.25) is 5.02 Å². The summed E-state index contributed by atoms with van der Waals surface area (Å²) in [4.78, 5) is 28.0. The number of nitrogens with one attached hydrogen (secondary N) is 2. The van der Waals surface area contributed by atoms with Gasteiger partial charge in [-0.3, -0.25) is 9.59 Å². The van der Waals surface area contributed by atoms with E-state index in [2.05, 4.69) is 15.6 Å². The van der Waals surface area contributed by atoms with Crippen LogP contribution < -0.4 is 15.4 Å². The average Bonchev–Trinajstić information content (AvgIpc) is 2.98. The maximum Gasteiger partial charge on any atom is 0.239 e. The third kappa shape index (κ3) is 7.41. The van der Waals surface area contributed by atoms with Crippen molar-refractivity contribution in [3.05, 3.63) is 45.4 Å². The van der Waals surface area contributed by atoms with Gasteiger partial charge in [0.25, 0.3) is 0 Å². The van der Waals surface area contributed by atoms with E-state index >= 15 is 0 Å². The Bertz CT molecular complexity index is 754. The molecule has 2 N–H and O–H groups in total. The van der Waals surface area contributed by atoms with Gasteiger partial charge in [0.1, 0.15) is 17.4 Å². The number of hydrogen-bond acceptors (Lipinski definition) is 5. The molecule has 0 radical (unpaired) electrons. The predicted octanol–water partition coefficient (Wildman–Crippen LogP) is 2.95. The van der Waals surface area contributed by atoms with Crippen molar-refractivity contribution in [2.24, 2.45) is 0 Å². The molecule has 2 rings (SSSR count). The van der Waals surface area contributed by atoms with Crippen LogP contribution in [0.15, 0.2) is 29.6 Å². The first-order chi connectivity index (χ1) is 12.2. The topological polar surface area (TPSA) is 80.3 Å².